The van der Waals surface area contributed by atoms with Crippen molar-refractivity contribution in [1.29, 1.82) is 0 Å². The molecule has 1 aromatic carbocycles. The molecule has 0 atom stereocenters. The summed E-state index contributed by atoms with van der Waals surface area (Å²) in [6, 6.07) is 4.75. The summed E-state index contributed by atoms with van der Waals surface area (Å²) in [7, 11) is 1.88. The van der Waals surface area contributed by atoms with E-state index >= 15 is 0 Å². The molecule has 1 amide bonds. The van der Waals surface area contributed by atoms with Crippen LogP contribution in [0.4, 0.5) is 13.2 Å². The van der Waals surface area contributed by atoms with Crippen molar-refractivity contribution < 1.29 is 23.1 Å². The Morgan fingerprint density at radius 1 is 1.12 bits per heavy atom. The second-order valence-corrected chi connectivity index (χ2v) is 9.49. The van der Waals surface area contributed by atoms with Gasteiger partial charge in [-0.3, -0.25) is 14.2 Å². The first-order valence-corrected chi connectivity index (χ1v) is 10.5. The minimum absolute atomic E-state index is 0.176. The highest BCUT2D eigenvalue weighted by Gasteiger charge is 2.31. The number of alkyl halides is 3. The lowest BCUT2D eigenvalue weighted by Crippen LogP contribution is -2.25. The smallest absolute Gasteiger partial charge is 0.386 e. The predicted molar refractivity (Wildman–Crippen MR) is 119 cm³/mol. The number of nitrogens with zero attached hydrogens (tertiary/aromatic N) is 3. The van der Waals surface area contributed by atoms with Crippen molar-refractivity contribution in [2.24, 2.45) is 12.0 Å². The van der Waals surface area contributed by atoms with E-state index < -0.39 is 23.2 Å². The molecule has 2 rings (SSSR count). The van der Waals surface area contributed by atoms with Gasteiger partial charge in [-0.15, -0.1) is 0 Å². The number of hydrogen-bond donors (Lipinski definition) is 1. The van der Waals surface area contributed by atoms with Crippen LogP contribution in [0.2, 0.25) is 0 Å². The molecular weight excluding hydrogens is 419 g/mol. The van der Waals surface area contributed by atoms with E-state index in [1.54, 1.807) is 6.07 Å². The second kappa shape index (κ2) is 9.10. The van der Waals surface area contributed by atoms with E-state index in [2.05, 4.69) is 4.99 Å². The van der Waals surface area contributed by atoms with Crippen LogP contribution in [-0.4, -0.2) is 26.0 Å². The van der Waals surface area contributed by atoms with Crippen LogP contribution in [0.25, 0.3) is 6.08 Å². The van der Waals surface area contributed by atoms with Gasteiger partial charge in [0.05, 0.1) is 11.2 Å². The molecular formula is C24H32F3N3O2. The van der Waals surface area contributed by atoms with Gasteiger partial charge in [0.1, 0.15) is 0 Å². The third-order valence-corrected chi connectivity index (χ3v) is 4.94. The zero-order valence-electron chi connectivity index (χ0n) is 19.7. The molecule has 176 valence electrons. The van der Waals surface area contributed by atoms with Gasteiger partial charge in [0.25, 0.3) is 5.91 Å². The first kappa shape index (κ1) is 25.6. The summed E-state index contributed by atoms with van der Waals surface area (Å²) < 4.78 is 43.7. The Morgan fingerprint density at radius 3 is 2.25 bits per heavy atom. The highest BCUT2D eigenvalue weighted by Crippen LogP contribution is 2.31. The summed E-state index contributed by atoms with van der Waals surface area (Å²) in [5, 5.41) is 9.95. The molecule has 0 radical (unpaired) electrons. The summed E-state index contributed by atoms with van der Waals surface area (Å²) >= 11 is 0. The molecule has 0 saturated heterocycles. The Balaban J connectivity index is 2.71. The second-order valence-electron chi connectivity index (χ2n) is 9.49. The third kappa shape index (κ3) is 6.22. The largest absolute Gasteiger partial charge is 0.416 e. The maximum atomic E-state index is 13.3. The predicted octanol–water partition coefficient (Wildman–Crippen LogP) is 5.08. The molecule has 5 nitrogen and oxygen atoms in total. The normalized spacial score (nSPS) is 13.9. The van der Waals surface area contributed by atoms with Crippen molar-refractivity contribution in [2.75, 3.05) is 0 Å². The Bertz CT molecular complexity index is 1080. The average Bonchev–Trinajstić information content (AvgIpc) is 2.95. The number of rotatable bonds is 5. The zero-order chi connectivity index (χ0) is 24.5. The van der Waals surface area contributed by atoms with Gasteiger partial charge in [-0.25, -0.2) is 0 Å². The minimum Gasteiger partial charge on any atom is -0.386 e. The van der Waals surface area contributed by atoms with E-state index in [4.69, 9.17) is 0 Å². The van der Waals surface area contributed by atoms with Crippen LogP contribution in [-0.2, 0) is 25.2 Å². The number of aromatic nitrogens is 2. The number of hydrogen-bond acceptors (Lipinski definition) is 2. The van der Waals surface area contributed by atoms with Crippen LogP contribution >= 0.6 is 0 Å². The molecule has 32 heavy (non-hydrogen) atoms. The fourth-order valence-electron chi connectivity index (χ4n) is 3.36. The van der Waals surface area contributed by atoms with E-state index in [9.17, 15) is 23.1 Å². The quantitative estimate of drug-likeness (QED) is 0.689. The highest BCUT2D eigenvalue weighted by atomic mass is 19.4. The number of carbonyl (C=O) groups is 1. The fourth-order valence-corrected chi connectivity index (χ4v) is 3.36. The van der Waals surface area contributed by atoms with Crippen molar-refractivity contribution in [3.8, 4) is 0 Å². The van der Waals surface area contributed by atoms with Gasteiger partial charge in [0.2, 0.25) is 0 Å². The van der Waals surface area contributed by atoms with E-state index in [0.29, 0.717) is 12.0 Å². The van der Waals surface area contributed by atoms with Crippen molar-refractivity contribution in [3.63, 3.8) is 0 Å². The average molecular weight is 452 g/mol. The molecule has 0 saturated carbocycles. The number of carbonyl (C=O) groups excluding carboxylic acids is 1. The number of benzene rings is 1. The Hall–Kier alpha value is -2.61. The van der Waals surface area contributed by atoms with Crippen molar-refractivity contribution in [2.45, 2.75) is 71.7 Å². The summed E-state index contributed by atoms with van der Waals surface area (Å²) in [6.45, 7) is 11.8. The lowest BCUT2D eigenvalue weighted by atomic mass is 9.92. The maximum Gasteiger partial charge on any atom is 0.416 e. The number of aliphatic hydroxyl groups is 1. The maximum absolute atomic E-state index is 13.3. The van der Waals surface area contributed by atoms with E-state index in [-0.39, 0.29) is 16.5 Å². The Labute approximate surface area is 186 Å². The topological polar surface area (TPSA) is 59.5 Å². The standard InChI is InChI=1S/C24H32F3N3O2/c1-8-13-30-20(15-19(29(30)7)22(2,3)4)28-21(31)18-14-17(24(25,26)27)10-9-16(18)11-12-23(5,6)32/h9-12,14-15,32H,8,13H2,1-7H3/b12-11+,28-20?. The lowest BCUT2D eigenvalue weighted by Gasteiger charge is -2.20. The molecule has 0 fully saturated rings. The summed E-state index contributed by atoms with van der Waals surface area (Å²) in [6.07, 6.45) is -0.938. The van der Waals surface area contributed by atoms with Gasteiger partial charge >= 0.3 is 6.18 Å². The van der Waals surface area contributed by atoms with E-state index in [1.807, 2.05) is 44.1 Å². The summed E-state index contributed by atoms with van der Waals surface area (Å²) in [5.41, 5.74) is -0.917. The summed E-state index contributed by atoms with van der Waals surface area (Å²) in [5.74, 6) is -0.776. The molecule has 8 heteroatoms. The fraction of sp³-hybridized carbons (Fsp3) is 0.500. The van der Waals surface area contributed by atoms with Crippen molar-refractivity contribution in [3.05, 3.63) is 58.2 Å². The number of halogens is 3. The molecule has 0 aliphatic carbocycles. The first-order valence-electron chi connectivity index (χ1n) is 10.5. The zero-order valence-corrected chi connectivity index (χ0v) is 19.7. The van der Waals surface area contributed by atoms with Gasteiger partial charge in [-0.1, -0.05) is 45.9 Å². The highest BCUT2D eigenvalue weighted by molar-refractivity contribution is 5.98. The first-order chi connectivity index (χ1) is 14.5. The molecule has 0 unspecified atom stereocenters. The van der Waals surface area contributed by atoms with Gasteiger partial charge < -0.3 is 5.11 Å². The van der Waals surface area contributed by atoms with Gasteiger partial charge in [0, 0.05) is 36.3 Å². The van der Waals surface area contributed by atoms with Gasteiger partial charge in [-0.05, 0) is 38.0 Å². The Morgan fingerprint density at radius 2 is 1.75 bits per heavy atom. The van der Waals surface area contributed by atoms with Crippen LogP contribution in [0.5, 0.6) is 0 Å². The molecule has 2 aromatic rings. The molecule has 0 spiro atoms. The molecule has 1 heterocycles. The van der Waals surface area contributed by atoms with Crippen LogP contribution in [0.15, 0.2) is 35.3 Å². The lowest BCUT2D eigenvalue weighted by molar-refractivity contribution is -0.137. The summed E-state index contributed by atoms with van der Waals surface area (Å²) in [4.78, 5) is 17.3. The SMILES string of the molecule is CCCn1c(=NC(=O)c2cc(C(F)(F)F)ccc2/C=C/C(C)(C)O)cc(C(C)(C)C)n1C. The monoisotopic (exact) mass is 451 g/mol. The Kier molecular flexibility index (Phi) is 7.29. The molecule has 1 N–H and O–H groups in total. The van der Waals surface area contributed by atoms with Gasteiger partial charge in [-0.2, -0.15) is 18.2 Å². The third-order valence-electron chi connectivity index (χ3n) is 4.94. The molecule has 0 aliphatic heterocycles. The van der Waals surface area contributed by atoms with Crippen molar-refractivity contribution >= 4 is 12.0 Å². The minimum atomic E-state index is -4.60. The number of amides is 1. The van der Waals surface area contributed by atoms with Gasteiger partial charge in [0.15, 0.2) is 5.49 Å². The van der Waals surface area contributed by atoms with Crippen LogP contribution in [0.3, 0.4) is 0 Å². The van der Waals surface area contributed by atoms with Crippen LogP contribution in [0, 0.1) is 0 Å². The molecule has 0 aliphatic rings. The van der Waals surface area contributed by atoms with Crippen LogP contribution in [0.1, 0.15) is 75.1 Å². The molecule has 1 aromatic heterocycles. The molecule has 0 bridgehead atoms. The van der Waals surface area contributed by atoms with Crippen molar-refractivity contribution in [1.82, 2.24) is 9.36 Å². The van der Waals surface area contributed by atoms with E-state index in [0.717, 1.165) is 24.2 Å². The van der Waals surface area contributed by atoms with E-state index in [1.165, 1.54) is 32.1 Å². The van der Waals surface area contributed by atoms with Crippen LogP contribution < -0.4 is 5.49 Å².